The highest BCUT2D eigenvalue weighted by atomic mass is 16.5. The van der Waals surface area contributed by atoms with Gasteiger partial charge in [-0.05, 0) is 29.8 Å². The molecular weight excluding hydrogens is 310 g/mol. The third-order valence-electron chi connectivity index (χ3n) is 4.06. The van der Waals surface area contributed by atoms with Crippen LogP contribution < -0.4 is 4.74 Å². The van der Waals surface area contributed by atoms with Crippen LogP contribution in [-0.4, -0.2) is 28.3 Å². The fourth-order valence-electron chi connectivity index (χ4n) is 2.98. The molecule has 0 fully saturated rings. The van der Waals surface area contributed by atoms with Crippen LogP contribution in [0.15, 0.2) is 36.4 Å². The van der Waals surface area contributed by atoms with Crippen molar-refractivity contribution >= 4 is 16.9 Å². The number of ether oxygens (including phenoxy) is 2. The van der Waals surface area contributed by atoms with Crippen LogP contribution in [0.5, 0.6) is 17.2 Å². The Morgan fingerprint density at radius 3 is 2.71 bits per heavy atom. The minimum absolute atomic E-state index is 0.0288. The minimum Gasteiger partial charge on any atom is -0.508 e. The van der Waals surface area contributed by atoms with E-state index >= 15 is 0 Å². The van der Waals surface area contributed by atoms with E-state index in [0.29, 0.717) is 39.0 Å². The fraction of sp³-hybridized carbons (Fsp3) is 0.111. The predicted octanol–water partition coefficient (Wildman–Crippen LogP) is 2.99. The molecule has 0 saturated heterocycles. The first-order valence-corrected chi connectivity index (χ1v) is 7.28. The number of cyclic esters (lactones) is 1. The summed E-state index contributed by atoms with van der Waals surface area (Å²) >= 11 is 0. The zero-order valence-electron chi connectivity index (χ0n) is 12.7. The zero-order chi connectivity index (χ0) is 16.8. The minimum atomic E-state index is -0.446. The molecule has 0 bridgehead atoms. The Morgan fingerprint density at radius 1 is 1.12 bits per heavy atom. The topological polar surface area (TPSA) is 88.9 Å². The fourth-order valence-corrected chi connectivity index (χ4v) is 2.98. The van der Waals surface area contributed by atoms with Gasteiger partial charge in [-0.3, -0.25) is 0 Å². The van der Waals surface area contributed by atoms with Crippen molar-refractivity contribution in [3.05, 3.63) is 47.7 Å². The van der Waals surface area contributed by atoms with E-state index in [4.69, 9.17) is 9.47 Å². The van der Waals surface area contributed by atoms with Crippen LogP contribution in [0.4, 0.5) is 0 Å². The number of aromatic hydroxyl groups is 2. The molecule has 24 heavy (non-hydrogen) atoms. The first kappa shape index (κ1) is 14.3. The summed E-state index contributed by atoms with van der Waals surface area (Å²) in [7, 11) is 1.47. The van der Waals surface area contributed by atoms with Crippen LogP contribution in [-0.2, 0) is 11.3 Å². The summed E-state index contributed by atoms with van der Waals surface area (Å²) in [6.45, 7) is 0.0922. The largest absolute Gasteiger partial charge is 0.508 e. The van der Waals surface area contributed by atoms with Crippen molar-refractivity contribution in [2.75, 3.05) is 7.11 Å². The van der Waals surface area contributed by atoms with Crippen LogP contribution in [0, 0.1) is 0 Å². The number of methoxy groups -OCH3 is 1. The van der Waals surface area contributed by atoms with Crippen LogP contribution >= 0.6 is 0 Å². The molecule has 2 heterocycles. The second-order valence-electron chi connectivity index (χ2n) is 5.47. The number of esters is 1. The second kappa shape index (κ2) is 5.13. The third kappa shape index (κ3) is 2.04. The lowest BCUT2D eigenvalue weighted by Gasteiger charge is -2.12. The van der Waals surface area contributed by atoms with Gasteiger partial charge in [-0.15, -0.1) is 0 Å². The number of nitrogens with zero attached hydrogens (tertiary/aromatic N) is 1. The smallest absolute Gasteiger partial charge is 0.341 e. The lowest BCUT2D eigenvalue weighted by molar-refractivity contribution is 0.0534. The van der Waals surface area contributed by atoms with Gasteiger partial charge in [-0.25, -0.2) is 9.78 Å². The van der Waals surface area contributed by atoms with Crippen molar-refractivity contribution < 1.29 is 24.5 Å². The summed E-state index contributed by atoms with van der Waals surface area (Å²) in [5.41, 5.74) is 2.72. The van der Waals surface area contributed by atoms with E-state index in [1.807, 2.05) is 0 Å². The van der Waals surface area contributed by atoms with Crippen molar-refractivity contribution in [2.24, 2.45) is 0 Å². The number of hydrogen-bond donors (Lipinski definition) is 2. The summed E-state index contributed by atoms with van der Waals surface area (Å²) in [5.74, 6) is -0.0469. The first-order valence-electron chi connectivity index (χ1n) is 7.28. The van der Waals surface area contributed by atoms with Crippen LogP contribution in [0.1, 0.15) is 16.1 Å². The Labute approximate surface area is 136 Å². The zero-order valence-corrected chi connectivity index (χ0v) is 12.7. The molecule has 2 N–H and O–H groups in total. The molecular formula is C18H13NO5. The van der Waals surface area contributed by atoms with Gasteiger partial charge in [0.25, 0.3) is 0 Å². The Balaban J connectivity index is 2.08. The standard InChI is InChI=1S/C18H13NO5/c1-23-15-5-2-9(6-14(15)21)16-11-4-3-10(20)7-12(11)19-13-8-24-18(22)17(13)16/h2-7,20-21H,8H2,1H3. The quantitative estimate of drug-likeness (QED) is 0.705. The van der Waals surface area contributed by atoms with Gasteiger partial charge in [0.15, 0.2) is 11.5 Å². The lowest BCUT2D eigenvalue weighted by Crippen LogP contribution is -2.00. The van der Waals surface area contributed by atoms with Crippen molar-refractivity contribution in [3.8, 4) is 28.4 Å². The molecule has 1 aliphatic heterocycles. The monoisotopic (exact) mass is 323 g/mol. The van der Waals surface area contributed by atoms with Gasteiger partial charge < -0.3 is 19.7 Å². The number of aromatic nitrogens is 1. The van der Waals surface area contributed by atoms with Gasteiger partial charge in [0, 0.05) is 17.0 Å². The van der Waals surface area contributed by atoms with E-state index < -0.39 is 5.97 Å². The molecule has 6 nitrogen and oxygen atoms in total. The maximum Gasteiger partial charge on any atom is 0.341 e. The lowest BCUT2D eigenvalue weighted by atomic mass is 9.94. The Bertz CT molecular complexity index is 996. The summed E-state index contributed by atoms with van der Waals surface area (Å²) < 4.78 is 10.2. The van der Waals surface area contributed by atoms with Gasteiger partial charge in [0.1, 0.15) is 12.4 Å². The van der Waals surface area contributed by atoms with Crippen LogP contribution in [0.2, 0.25) is 0 Å². The molecule has 2 aromatic carbocycles. The summed E-state index contributed by atoms with van der Waals surface area (Å²) in [5, 5.41) is 20.5. The van der Waals surface area contributed by atoms with Crippen molar-refractivity contribution in [1.82, 2.24) is 4.98 Å². The van der Waals surface area contributed by atoms with E-state index in [-0.39, 0.29) is 18.1 Å². The highest BCUT2D eigenvalue weighted by Gasteiger charge is 2.29. The second-order valence-corrected chi connectivity index (χ2v) is 5.47. The molecule has 1 aliphatic rings. The Hall–Kier alpha value is -3.28. The number of phenolic OH excluding ortho intramolecular Hbond substituents is 2. The molecule has 0 amide bonds. The maximum absolute atomic E-state index is 12.2. The average Bonchev–Trinajstić information content (AvgIpc) is 2.93. The van der Waals surface area contributed by atoms with E-state index in [1.165, 1.54) is 25.3 Å². The van der Waals surface area contributed by atoms with Gasteiger partial charge in [-0.2, -0.15) is 0 Å². The molecule has 0 unspecified atom stereocenters. The van der Waals surface area contributed by atoms with E-state index in [2.05, 4.69) is 4.98 Å². The first-order chi connectivity index (χ1) is 11.6. The molecule has 120 valence electrons. The molecule has 1 aromatic heterocycles. The van der Waals surface area contributed by atoms with Crippen LogP contribution in [0.3, 0.4) is 0 Å². The van der Waals surface area contributed by atoms with Gasteiger partial charge in [-0.1, -0.05) is 6.07 Å². The van der Waals surface area contributed by atoms with Crippen LogP contribution in [0.25, 0.3) is 22.0 Å². The van der Waals surface area contributed by atoms with E-state index in [0.717, 1.165) is 0 Å². The summed E-state index contributed by atoms with van der Waals surface area (Å²) in [6, 6.07) is 9.68. The van der Waals surface area contributed by atoms with Crippen molar-refractivity contribution in [1.29, 1.82) is 0 Å². The number of phenols is 2. The highest BCUT2D eigenvalue weighted by molar-refractivity contribution is 6.09. The molecule has 6 heteroatoms. The number of benzene rings is 2. The number of pyridine rings is 1. The van der Waals surface area contributed by atoms with E-state index in [9.17, 15) is 15.0 Å². The van der Waals surface area contributed by atoms with E-state index in [1.54, 1.807) is 18.2 Å². The molecule has 0 saturated carbocycles. The van der Waals surface area contributed by atoms with Gasteiger partial charge in [0.05, 0.1) is 23.9 Å². The molecule has 0 spiro atoms. The SMILES string of the molecule is COc1ccc(-c2c3c(nc4cc(O)ccc24)COC3=O)cc1O. The summed E-state index contributed by atoms with van der Waals surface area (Å²) in [6.07, 6.45) is 0. The van der Waals surface area contributed by atoms with Crippen molar-refractivity contribution in [2.45, 2.75) is 6.61 Å². The molecule has 0 aliphatic carbocycles. The molecule has 3 aromatic rings. The number of hydrogen-bond acceptors (Lipinski definition) is 6. The van der Waals surface area contributed by atoms with Gasteiger partial charge in [0.2, 0.25) is 0 Å². The molecule has 0 atom stereocenters. The highest BCUT2D eigenvalue weighted by Crippen LogP contribution is 2.40. The normalized spacial score (nSPS) is 13.0. The van der Waals surface area contributed by atoms with Gasteiger partial charge >= 0.3 is 5.97 Å². The number of fused-ring (bicyclic) bond motifs is 2. The number of rotatable bonds is 2. The predicted molar refractivity (Wildman–Crippen MR) is 86.2 cm³/mol. The Kier molecular flexibility index (Phi) is 3.06. The molecule has 0 radical (unpaired) electrons. The third-order valence-corrected chi connectivity index (χ3v) is 4.06. The molecule has 4 rings (SSSR count). The Morgan fingerprint density at radius 2 is 1.96 bits per heavy atom. The van der Waals surface area contributed by atoms with Crippen molar-refractivity contribution in [3.63, 3.8) is 0 Å². The average molecular weight is 323 g/mol. The number of carbonyl (C=O) groups excluding carboxylic acids is 1. The number of carbonyl (C=O) groups is 1. The summed E-state index contributed by atoms with van der Waals surface area (Å²) in [4.78, 5) is 16.6. The maximum atomic E-state index is 12.2.